The molecule has 4 N–H and O–H groups in total. The second-order valence-corrected chi connectivity index (χ2v) is 5.68. The maximum absolute atomic E-state index is 12.2. The lowest BCUT2D eigenvalue weighted by molar-refractivity contribution is 0.0950. The molecule has 0 spiro atoms. The molecule has 0 atom stereocenters. The van der Waals surface area contributed by atoms with Crippen LogP contribution in [-0.2, 0) is 0 Å². The number of nitrogens with one attached hydrogen (secondary N) is 2. The number of ether oxygens (including phenoxy) is 2. The minimum atomic E-state index is -0.500. The van der Waals surface area contributed by atoms with Gasteiger partial charge in [-0.2, -0.15) is 10.2 Å². The van der Waals surface area contributed by atoms with Crippen LogP contribution in [0.4, 0.5) is 0 Å². The van der Waals surface area contributed by atoms with Gasteiger partial charge in [0.15, 0.2) is 11.5 Å². The topological polar surface area (TPSA) is 129 Å². The first-order valence-corrected chi connectivity index (χ1v) is 8.15. The SMILES string of the molecule is COc1ccc(OC)c(-c2cc(C(=O)NN=Cc3ccc(O)c(O)c3)[nH]n2)c1. The molecule has 9 nitrogen and oxygen atoms in total. The largest absolute Gasteiger partial charge is 0.504 e. The summed E-state index contributed by atoms with van der Waals surface area (Å²) >= 11 is 0. The van der Waals surface area contributed by atoms with Crippen molar-refractivity contribution in [1.29, 1.82) is 0 Å². The first kappa shape index (κ1) is 18.8. The van der Waals surface area contributed by atoms with Crippen molar-refractivity contribution in [3.8, 4) is 34.3 Å². The van der Waals surface area contributed by atoms with E-state index in [2.05, 4.69) is 20.7 Å². The fourth-order valence-corrected chi connectivity index (χ4v) is 2.44. The summed E-state index contributed by atoms with van der Waals surface area (Å²) in [5.41, 5.74) is 4.23. The van der Waals surface area contributed by atoms with Gasteiger partial charge in [0.1, 0.15) is 17.2 Å². The molecule has 0 radical (unpaired) electrons. The molecule has 0 saturated carbocycles. The maximum Gasteiger partial charge on any atom is 0.289 e. The van der Waals surface area contributed by atoms with Gasteiger partial charge in [-0.25, -0.2) is 5.43 Å². The highest BCUT2D eigenvalue weighted by molar-refractivity contribution is 5.94. The van der Waals surface area contributed by atoms with Crippen LogP contribution in [0.25, 0.3) is 11.3 Å². The molecule has 0 bridgehead atoms. The highest BCUT2D eigenvalue weighted by Gasteiger charge is 2.14. The Labute approximate surface area is 160 Å². The zero-order valence-electron chi connectivity index (χ0n) is 15.1. The molecule has 0 aliphatic rings. The monoisotopic (exact) mass is 382 g/mol. The number of methoxy groups -OCH3 is 2. The highest BCUT2D eigenvalue weighted by atomic mass is 16.5. The quantitative estimate of drug-likeness (QED) is 0.294. The number of benzene rings is 2. The summed E-state index contributed by atoms with van der Waals surface area (Å²) in [5, 5.41) is 29.3. The normalized spacial score (nSPS) is 10.8. The average molecular weight is 382 g/mol. The van der Waals surface area contributed by atoms with Crippen molar-refractivity contribution in [2.75, 3.05) is 14.2 Å². The van der Waals surface area contributed by atoms with Gasteiger partial charge in [0, 0.05) is 5.56 Å². The van der Waals surface area contributed by atoms with Gasteiger partial charge in [-0.3, -0.25) is 9.89 Å². The van der Waals surface area contributed by atoms with Crippen molar-refractivity contribution in [3.63, 3.8) is 0 Å². The number of hydrogen-bond donors (Lipinski definition) is 4. The highest BCUT2D eigenvalue weighted by Crippen LogP contribution is 2.32. The number of phenols is 2. The standard InChI is InChI=1S/C19H18N4O5/c1-27-12-4-6-18(28-2)13(8-12)14-9-15(22-21-14)19(26)23-20-10-11-3-5-16(24)17(25)7-11/h3-10,24-25H,1-2H3,(H,21,22)(H,23,26). The van der Waals surface area contributed by atoms with E-state index in [1.807, 2.05) is 0 Å². The van der Waals surface area contributed by atoms with E-state index >= 15 is 0 Å². The molecule has 28 heavy (non-hydrogen) atoms. The zero-order valence-corrected chi connectivity index (χ0v) is 15.1. The molecular formula is C19H18N4O5. The molecule has 0 aliphatic heterocycles. The van der Waals surface area contributed by atoms with E-state index in [9.17, 15) is 15.0 Å². The number of nitrogens with zero attached hydrogens (tertiary/aromatic N) is 2. The molecule has 144 valence electrons. The van der Waals surface area contributed by atoms with Gasteiger partial charge in [0.05, 0.1) is 26.1 Å². The van der Waals surface area contributed by atoms with Crippen LogP contribution < -0.4 is 14.9 Å². The molecule has 0 saturated heterocycles. The van der Waals surface area contributed by atoms with Gasteiger partial charge in [0.25, 0.3) is 5.91 Å². The van der Waals surface area contributed by atoms with Crippen molar-refractivity contribution in [3.05, 3.63) is 53.7 Å². The third-order valence-corrected chi connectivity index (χ3v) is 3.88. The summed E-state index contributed by atoms with van der Waals surface area (Å²) < 4.78 is 10.5. The number of H-pyrrole nitrogens is 1. The first-order chi connectivity index (χ1) is 13.5. The van der Waals surface area contributed by atoms with Crippen molar-refractivity contribution in [2.24, 2.45) is 5.10 Å². The van der Waals surface area contributed by atoms with Crippen molar-refractivity contribution in [2.45, 2.75) is 0 Å². The number of amides is 1. The second kappa shape index (κ2) is 8.12. The molecule has 1 heterocycles. The number of aromatic nitrogens is 2. The van der Waals surface area contributed by atoms with Crippen LogP contribution in [0.15, 0.2) is 47.6 Å². The molecule has 1 amide bonds. The molecule has 3 aromatic rings. The number of hydrazone groups is 1. The van der Waals surface area contributed by atoms with E-state index in [4.69, 9.17) is 9.47 Å². The molecule has 0 aliphatic carbocycles. The van der Waals surface area contributed by atoms with Gasteiger partial charge >= 0.3 is 0 Å². The van der Waals surface area contributed by atoms with Crippen LogP contribution in [0.5, 0.6) is 23.0 Å². The van der Waals surface area contributed by atoms with Crippen molar-refractivity contribution >= 4 is 12.1 Å². The Balaban J connectivity index is 1.74. The van der Waals surface area contributed by atoms with Gasteiger partial charge in [0.2, 0.25) is 0 Å². The Morgan fingerprint density at radius 3 is 2.64 bits per heavy atom. The second-order valence-electron chi connectivity index (χ2n) is 5.68. The predicted octanol–water partition coefficient (Wildman–Crippen LogP) is 2.27. The van der Waals surface area contributed by atoms with Gasteiger partial charge < -0.3 is 19.7 Å². The zero-order chi connectivity index (χ0) is 20.1. The van der Waals surface area contributed by atoms with E-state index in [1.165, 1.54) is 24.4 Å². The average Bonchev–Trinajstić information content (AvgIpc) is 3.20. The van der Waals surface area contributed by atoms with Crippen LogP contribution in [0.3, 0.4) is 0 Å². The lowest BCUT2D eigenvalue weighted by atomic mass is 10.1. The maximum atomic E-state index is 12.2. The van der Waals surface area contributed by atoms with Crippen LogP contribution in [0.2, 0.25) is 0 Å². The molecule has 3 rings (SSSR count). The summed E-state index contributed by atoms with van der Waals surface area (Å²) in [5.74, 6) is 0.204. The number of aromatic amines is 1. The Hall–Kier alpha value is -4.01. The number of rotatable bonds is 6. The molecule has 9 heteroatoms. The molecule has 0 fully saturated rings. The summed E-state index contributed by atoms with van der Waals surface area (Å²) in [7, 11) is 3.10. The van der Waals surface area contributed by atoms with E-state index in [0.717, 1.165) is 0 Å². The third kappa shape index (κ3) is 4.04. The minimum absolute atomic E-state index is 0.200. The van der Waals surface area contributed by atoms with Crippen molar-refractivity contribution in [1.82, 2.24) is 15.6 Å². The van der Waals surface area contributed by atoms with Crippen molar-refractivity contribution < 1.29 is 24.5 Å². The predicted molar refractivity (Wildman–Crippen MR) is 102 cm³/mol. The first-order valence-electron chi connectivity index (χ1n) is 8.15. The van der Waals surface area contributed by atoms with Gasteiger partial charge in [-0.1, -0.05) is 0 Å². The lowest BCUT2D eigenvalue weighted by Crippen LogP contribution is -2.17. The van der Waals surface area contributed by atoms with E-state index in [-0.39, 0.29) is 17.2 Å². The summed E-state index contributed by atoms with van der Waals surface area (Å²) in [4.78, 5) is 12.2. The molecule has 0 unspecified atom stereocenters. The van der Waals surface area contributed by atoms with Crippen LogP contribution in [0.1, 0.15) is 16.1 Å². The Bertz CT molecular complexity index is 1030. The summed E-state index contributed by atoms with van der Waals surface area (Å²) in [6.45, 7) is 0. The van der Waals surface area contributed by atoms with Crippen LogP contribution >= 0.6 is 0 Å². The molecule has 2 aromatic carbocycles. The molecular weight excluding hydrogens is 364 g/mol. The number of carbonyl (C=O) groups is 1. The number of hydrogen-bond acceptors (Lipinski definition) is 7. The van der Waals surface area contributed by atoms with Gasteiger partial charge in [-0.15, -0.1) is 0 Å². The number of aromatic hydroxyl groups is 2. The smallest absolute Gasteiger partial charge is 0.289 e. The van der Waals surface area contributed by atoms with Crippen LogP contribution in [-0.4, -0.2) is 46.8 Å². The Morgan fingerprint density at radius 1 is 1.11 bits per heavy atom. The fourth-order valence-electron chi connectivity index (χ4n) is 2.44. The third-order valence-electron chi connectivity index (χ3n) is 3.88. The summed E-state index contributed by atoms with van der Waals surface area (Å²) in [6, 6.07) is 11.0. The Kier molecular flexibility index (Phi) is 5.45. The van der Waals surface area contributed by atoms with E-state index < -0.39 is 5.91 Å². The van der Waals surface area contributed by atoms with Crippen LogP contribution in [0, 0.1) is 0 Å². The fraction of sp³-hybridized carbons (Fsp3) is 0.105. The van der Waals surface area contributed by atoms with E-state index in [1.54, 1.807) is 38.5 Å². The number of phenolic OH excluding ortho intramolecular Hbond substituents is 2. The minimum Gasteiger partial charge on any atom is -0.504 e. The Morgan fingerprint density at radius 2 is 1.93 bits per heavy atom. The summed E-state index contributed by atoms with van der Waals surface area (Å²) in [6.07, 6.45) is 1.33. The van der Waals surface area contributed by atoms with Gasteiger partial charge in [-0.05, 0) is 48.0 Å². The lowest BCUT2D eigenvalue weighted by Gasteiger charge is -2.08. The number of carbonyl (C=O) groups excluding carboxylic acids is 1. The molecule has 1 aromatic heterocycles. The van der Waals surface area contributed by atoms with E-state index in [0.29, 0.717) is 28.3 Å².